The van der Waals surface area contributed by atoms with Gasteiger partial charge in [0.1, 0.15) is 24.4 Å². The third kappa shape index (κ3) is 8.20. The Bertz CT molecular complexity index is 1000. The Morgan fingerprint density at radius 2 is 1.08 bits per heavy atom. The summed E-state index contributed by atoms with van der Waals surface area (Å²) >= 11 is 0. The van der Waals surface area contributed by atoms with E-state index in [2.05, 4.69) is 6.92 Å². The largest absolute Gasteiger partial charge is 0.394 e. The van der Waals surface area contributed by atoms with Gasteiger partial charge in [-0.2, -0.15) is 0 Å². The van der Waals surface area contributed by atoms with Gasteiger partial charge in [-0.3, -0.25) is 0 Å². The van der Waals surface area contributed by atoms with E-state index in [-0.39, 0.29) is 6.61 Å². The third-order valence-electron chi connectivity index (χ3n) is 6.41. The van der Waals surface area contributed by atoms with Gasteiger partial charge in [-0.15, -0.1) is 0 Å². The molecule has 4 rings (SSSR count). The van der Waals surface area contributed by atoms with Crippen LogP contribution in [-0.2, 0) is 43.5 Å². The quantitative estimate of drug-likeness (QED) is 0.300. The molecule has 0 bridgehead atoms. The summed E-state index contributed by atoms with van der Waals surface area (Å²) in [6.07, 6.45) is -1.03. The molecule has 0 saturated carbocycles. The number of hydrogen-bond donors (Lipinski definition) is 1. The Morgan fingerprint density at radius 3 is 1.54 bits per heavy atom. The van der Waals surface area contributed by atoms with Gasteiger partial charge in [0.25, 0.3) is 0 Å². The molecule has 1 heterocycles. The van der Waals surface area contributed by atoms with Gasteiger partial charge in [0, 0.05) is 6.61 Å². The molecule has 37 heavy (non-hydrogen) atoms. The molecule has 0 aliphatic carbocycles. The van der Waals surface area contributed by atoms with Crippen LogP contribution in [0.3, 0.4) is 0 Å². The average Bonchev–Trinajstić information content (AvgIpc) is 2.96. The fourth-order valence-corrected chi connectivity index (χ4v) is 4.37. The molecule has 0 radical (unpaired) electrons. The summed E-state index contributed by atoms with van der Waals surface area (Å²) in [5.41, 5.74) is 3.12. The van der Waals surface area contributed by atoms with Crippen molar-refractivity contribution in [2.24, 2.45) is 0 Å². The average molecular weight is 507 g/mol. The Morgan fingerprint density at radius 1 is 0.622 bits per heavy atom. The number of aliphatic hydroxyl groups is 1. The molecule has 1 aliphatic rings. The van der Waals surface area contributed by atoms with E-state index in [9.17, 15) is 5.11 Å². The zero-order valence-electron chi connectivity index (χ0n) is 21.5. The molecule has 0 aromatic heterocycles. The maximum Gasteiger partial charge on any atom is 0.186 e. The number of unbranched alkanes of at least 4 members (excludes halogenated alkanes) is 1. The van der Waals surface area contributed by atoms with Gasteiger partial charge in [0.15, 0.2) is 6.29 Å². The highest BCUT2D eigenvalue weighted by Gasteiger charge is 2.48. The van der Waals surface area contributed by atoms with Crippen LogP contribution in [0.1, 0.15) is 36.5 Å². The van der Waals surface area contributed by atoms with Crippen molar-refractivity contribution in [3.8, 4) is 0 Å². The normalized spacial score (nSPS) is 23.7. The summed E-state index contributed by atoms with van der Waals surface area (Å²) < 4.78 is 31.8. The van der Waals surface area contributed by atoms with Crippen molar-refractivity contribution in [2.45, 2.75) is 70.3 Å². The Balaban J connectivity index is 1.58. The lowest BCUT2D eigenvalue weighted by atomic mass is 9.98. The van der Waals surface area contributed by atoms with E-state index in [1.807, 2.05) is 91.0 Å². The fourth-order valence-electron chi connectivity index (χ4n) is 4.37. The van der Waals surface area contributed by atoms with Gasteiger partial charge >= 0.3 is 0 Å². The van der Waals surface area contributed by atoms with Gasteiger partial charge in [0.05, 0.1) is 26.4 Å². The van der Waals surface area contributed by atoms with Crippen LogP contribution in [0.4, 0.5) is 0 Å². The SMILES string of the molecule is CCCCO[C@H]1O[C@H](CO)[C@@H](OCc2ccccc2)[C@H](OCc2ccccc2)[C@H]1OCc1ccccc1. The van der Waals surface area contributed by atoms with E-state index >= 15 is 0 Å². The highest BCUT2D eigenvalue weighted by molar-refractivity contribution is 5.15. The molecule has 0 spiro atoms. The van der Waals surface area contributed by atoms with Gasteiger partial charge in [0.2, 0.25) is 0 Å². The zero-order valence-corrected chi connectivity index (χ0v) is 21.5. The van der Waals surface area contributed by atoms with Crippen LogP contribution in [0.15, 0.2) is 91.0 Å². The predicted molar refractivity (Wildman–Crippen MR) is 142 cm³/mol. The van der Waals surface area contributed by atoms with Gasteiger partial charge in [-0.1, -0.05) is 104 Å². The third-order valence-corrected chi connectivity index (χ3v) is 6.41. The molecule has 3 aromatic carbocycles. The van der Waals surface area contributed by atoms with Crippen molar-refractivity contribution in [1.29, 1.82) is 0 Å². The number of hydrogen-bond acceptors (Lipinski definition) is 6. The summed E-state index contributed by atoms with van der Waals surface area (Å²) in [4.78, 5) is 0. The molecule has 1 aliphatic heterocycles. The summed E-state index contributed by atoms with van der Waals surface area (Å²) in [6, 6.07) is 30.0. The second-order valence-electron chi connectivity index (χ2n) is 9.23. The van der Waals surface area contributed by atoms with Crippen LogP contribution in [-0.4, -0.2) is 49.0 Å². The minimum Gasteiger partial charge on any atom is -0.394 e. The number of benzene rings is 3. The minimum atomic E-state index is -0.690. The van der Waals surface area contributed by atoms with Crippen LogP contribution in [0.5, 0.6) is 0 Å². The fraction of sp³-hybridized carbons (Fsp3) is 0.419. The molecule has 1 N–H and O–H groups in total. The van der Waals surface area contributed by atoms with Crippen LogP contribution in [0, 0.1) is 0 Å². The highest BCUT2D eigenvalue weighted by Crippen LogP contribution is 2.31. The minimum absolute atomic E-state index is 0.219. The second-order valence-corrected chi connectivity index (χ2v) is 9.23. The van der Waals surface area contributed by atoms with Crippen molar-refractivity contribution in [3.63, 3.8) is 0 Å². The molecule has 0 unspecified atom stereocenters. The smallest absolute Gasteiger partial charge is 0.186 e. The van der Waals surface area contributed by atoms with E-state index < -0.39 is 30.7 Å². The Labute approximate surface area is 220 Å². The van der Waals surface area contributed by atoms with Crippen LogP contribution in [0.25, 0.3) is 0 Å². The van der Waals surface area contributed by atoms with Gasteiger partial charge in [-0.05, 0) is 23.1 Å². The highest BCUT2D eigenvalue weighted by atomic mass is 16.7. The number of ether oxygens (including phenoxy) is 5. The van der Waals surface area contributed by atoms with Crippen molar-refractivity contribution in [3.05, 3.63) is 108 Å². The molecule has 198 valence electrons. The molecule has 0 amide bonds. The van der Waals surface area contributed by atoms with Crippen LogP contribution >= 0.6 is 0 Å². The van der Waals surface area contributed by atoms with E-state index in [0.29, 0.717) is 26.4 Å². The zero-order chi connectivity index (χ0) is 25.7. The standard InChI is InChI=1S/C31H38O6/c1-2-3-19-33-31-30(36-23-26-17-11-6-12-18-26)29(35-22-25-15-9-5-10-16-25)28(27(20-32)37-31)34-21-24-13-7-4-8-14-24/h4-18,27-32H,2-3,19-23H2,1H3/t27-,28-,29+,30-,31+/m1/s1. The molecule has 1 fully saturated rings. The van der Waals surface area contributed by atoms with Crippen molar-refractivity contribution in [1.82, 2.24) is 0 Å². The topological polar surface area (TPSA) is 66.4 Å². The number of rotatable bonds is 14. The maximum absolute atomic E-state index is 10.3. The lowest BCUT2D eigenvalue weighted by Gasteiger charge is -2.45. The molecule has 6 nitrogen and oxygen atoms in total. The summed E-state index contributed by atoms with van der Waals surface area (Å²) in [5.74, 6) is 0. The second kappa shape index (κ2) is 15.0. The first kappa shape index (κ1) is 27.5. The van der Waals surface area contributed by atoms with E-state index in [1.165, 1.54) is 0 Å². The Kier molecular flexibility index (Phi) is 11.1. The Hall–Kier alpha value is -2.58. The van der Waals surface area contributed by atoms with Crippen molar-refractivity contribution >= 4 is 0 Å². The van der Waals surface area contributed by atoms with E-state index in [1.54, 1.807) is 0 Å². The molecular weight excluding hydrogens is 468 g/mol. The summed E-state index contributed by atoms with van der Waals surface area (Å²) in [6.45, 7) is 3.55. The van der Waals surface area contributed by atoms with Crippen LogP contribution < -0.4 is 0 Å². The lowest BCUT2D eigenvalue weighted by Crippen LogP contribution is -2.61. The first-order chi connectivity index (χ1) is 18.3. The maximum atomic E-state index is 10.3. The summed E-state index contributed by atoms with van der Waals surface area (Å²) in [7, 11) is 0. The van der Waals surface area contributed by atoms with E-state index in [4.69, 9.17) is 23.7 Å². The monoisotopic (exact) mass is 506 g/mol. The first-order valence-electron chi connectivity index (χ1n) is 13.1. The first-order valence-corrected chi connectivity index (χ1v) is 13.1. The number of aliphatic hydroxyl groups excluding tert-OH is 1. The molecule has 3 aromatic rings. The predicted octanol–water partition coefficient (Wildman–Crippen LogP) is 5.28. The van der Waals surface area contributed by atoms with E-state index in [0.717, 1.165) is 29.5 Å². The van der Waals surface area contributed by atoms with Gasteiger partial charge < -0.3 is 28.8 Å². The molecule has 1 saturated heterocycles. The van der Waals surface area contributed by atoms with Gasteiger partial charge in [-0.25, -0.2) is 0 Å². The van der Waals surface area contributed by atoms with Crippen LogP contribution in [0.2, 0.25) is 0 Å². The van der Waals surface area contributed by atoms with Crippen molar-refractivity contribution < 1.29 is 28.8 Å². The summed E-state index contributed by atoms with van der Waals surface area (Å²) in [5, 5.41) is 10.3. The molecule has 5 atom stereocenters. The molecular formula is C31H38O6. The lowest BCUT2D eigenvalue weighted by molar-refractivity contribution is -0.326. The molecule has 6 heteroatoms. The van der Waals surface area contributed by atoms with Crippen molar-refractivity contribution in [2.75, 3.05) is 13.2 Å².